The van der Waals surface area contributed by atoms with E-state index in [1.807, 2.05) is 41.8 Å². The van der Waals surface area contributed by atoms with Crippen LogP contribution in [0, 0.1) is 0 Å². The number of thioether (sulfide) groups is 1. The van der Waals surface area contributed by atoms with Gasteiger partial charge in [0.05, 0.1) is 17.4 Å². The van der Waals surface area contributed by atoms with Gasteiger partial charge in [0, 0.05) is 18.4 Å². The van der Waals surface area contributed by atoms with E-state index in [-0.39, 0.29) is 18.3 Å². The van der Waals surface area contributed by atoms with E-state index >= 15 is 0 Å². The minimum Gasteiger partial charge on any atom is -0.392 e. The Morgan fingerprint density at radius 2 is 2.07 bits per heavy atom. The number of hydrogen-bond acceptors (Lipinski definition) is 6. The molecule has 0 bridgehead atoms. The molecule has 2 aromatic heterocycles. The normalized spacial score (nSPS) is 10.8. The van der Waals surface area contributed by atoms with Crippen molar-refractivity contribution in [1.29, 1.82) is 0 Å². The largest absolute Gasteiger partial charge is 0.392 e. The molecule has 0 fully saturated rings. The van der Waals surface area contributed by atoms with E-state index in [2.05, 4.69) is 20.5 Å². The Bertz CT molecular complexity index is 933. The molecule has 0 aliphatic heterocycles. The molecule has 2 N–H and O–H groups in total. The van der Waals surface area contributed by atoms with Gasteiger partial charge >= 0.3 is 0 Å². The number of aliphatic hydroxyl groups excluding tert-OH is 1. The number of aromatic nitrogens is 4. The number of rotatable bonds is 7. The van der Waals surface area contributed by atoms with Gasteiger partial charge in [-0.3, -0.25) is 9.78 Å². The molecule has 140 valence electrons. The predicted octanol–water partition coefficient (Wildman–Crippen LogP) is 3.24. The number of hydrogen-bond donors (Lipinski definition) is 2. The highest BCUT2D eigenvalue weighted by molar-refractivity contribution is 7.99. The lowest BCUT2D eigenvalue weighted by atomic mass is 10.2. The van der Waals surface area contributed by atoms with Gasteiger partial charge in [0.15, 0.2) is 11.0 Å². The molecule has 0 spiro atoms. The fourth-order valence-corrected chi connectivity index (χ4v) is 3.51. The number of nitrogens with zero attached hydrogens (tertiary/aromatic N) is 4. The minimum atomic E-state index is -0.134. The molecule has 0 aliphatic rings. The van der Waals surface area contributed by atoms with Crippen molar-refractivity contribution in [1.82, 2.24) is 19.7 Å². The van der Waals surface area contributed by atoms with Crippen LogP contribution in [0.25, 0.3) is 11.5 Å². The second kappa shape index (κ2) is 8.98. The predicted molar refractivity (Wildman–Crippen MR) is 106 cm³/mol. The van der Waals surface area contributed by atoms with Crippen molar-refractivity contribution >= 4 is 35.0 Å². The van der Waals surface area contributed by atoms with E-state index in [0.29, 0.717) is 33.8 Å². The highest BCUT2D eigenvalue weighted by Crippen LogP contribution is 2.28. The van der Waals surface area contributed by atoms with Gasteiger partial charge in [-0.05, 0) is 30.7 Å². The number of benzene rings is 1. The molecule has 0 saturated heterocycles. The quantitative estimate of drug-likeness (QED) is 0.588. The summed E-state index contributed by atoms with van der Waals surface area (Å²) in [7, 11) is 0. The molecule has 1 aromatic carbocycles. The molecule has 3 aromatic rings. The van der Waals surface area contributed by atoms with Gasteiger partial charge in [0.25, 0.3) is 0 Å². The van der Waals surface area contributed by atoms with Crippen molar-refractivity contribution in [2.24, 2.45) is 0 Å². The summed E-state index contributed by atoms with van der Waals surface area (Å²) in [6, 6.07) is 10.9. The van der Waals surface area contributed by atoms with Crippen LogP contribution in [0.4, 0.5) is 5.69 Å². The number of aliphatic hydroxyl groups is 1. The van der Waals surface area contributed by atoms with Crippen LogP contribution in [0.2, 0.25) is 5.02 Å². The summed E-state index contributed by atoms with van der Waals surface area (Å²) >= 11 is 7.57. The summed E-state index contributed by atoms with van der Waals surface area (Å²) in [5, 5.41) is 21.4. The number of halogens is 1. The molecule has 0 radical (unpaired) electrons. The van der Waals surface area contributed by atoms with Gasteiger partial charge in [-0.15, -0.1) is 10.2 Å². The van der Waals surface area contributed by atoms with E-state index in [1.165, 1.54) is 11.8 Å². The van der Waals surface area contributed by atoms with E-state index in [9.17, 15) is 9.90 Å². The average molecular weight is 404 g/mol. The zero-order valence-electron chi connectivity index (χ0n) is 14.6. The summed E-state index contributed by atoms with van der Waals surface area (Å²) in [4.78, 5) is 16.4. The Morgan fingerprint density at radius 1 is 1.30 bits per heavy atom. The van der Waals surface area contributed by atoms with Crippen molar-refractivity contribution in [2.75, 3.05) is 11.1 Å². The summed E-state index contributed by atoms with van der Waals surface area (Å²) in [5.41, 5.74) is 1.86. The minimum absolute atomic E-state index is 0.123. The third-order valence-electron chi connectivity index (χ3n) is 3.72. The standard InChI is InChI=1S/C18H18ClN5O2S/c1-2-24-17(16-14(19)8-12(10-25)9-20-16)22-23-18(24)27-11-15(26)21-13-6-4-3-5-7-13/h3-9,25H,2,10-11H2,1H3,(H,21,26). The number of pyridine rings is 1. The van der Waals surface area contributed by atoms with Gasteiger partial charge < -0.3 is 15.0 Å². The van der Waals surface area contributed by atoms with Crippen LogP contribution in [-0.2, 0) is 17.9 Å². The summed E-state index contributed by atoms with van der Waals surface area (Å²) in [5.74, 6) is 0.609. The van der Waals surface area contributed by atoms with Crippen LogP contribution in [0.1, 0.15) is 12.5 Å². The molecule has 0 atom stereocenters. The Hall–Kier alpha value is -2.42. The molecule has 0 aliphatic carbocycles. The fourth-order valence-electron chi connectivity index (χ4n) is 2.43. The summed E-state index contributed by atoms with van der Waals surface area (Å²) in [6.07, 6.45) is 1.55. The third-order valence-corrected chi connectivity index (χ3v) is 4.97. The highest BCUT2D eigenvalue weighted by Gasteiger charge is 2.18. The van der Waals surface area contributed by atoms with Crippen molar-refractivity contribution < 1.29 is 9.90 Å². The van der Waals surface area contributed by atoms with Crippen LogP contribution in [0.5, 0.6) is 0 Å². The summed E-state index contributed by atoms with van der Waals surface area (Å²) in [6.45, 7) is 2.42. The SMILES string of the molecule is CCn1c(SCC(=O)Nc2ccccc2)nnc1-c1ncc(CO)cc1Cl. The third kappa shape index (κ3) is 4.65. The van der Waals surface area contributed by atoms with Gasteiger partial charge in [-0.2, -0.15) is 0 Å². The zero-order valence-corrected chi connectivity index (χ0v) is 16.2. The molecule has 1 amide bonds. The first-order chi connectivity index (χ1) is 13.1. The monoisotopic (exact) mass is 403 g/mol. The van der Waals surface area contributed by atoms with Gasteiger partial charge in [-0.1, -0.05) is 41.6 Å². The van der Waals surface area contributed by atoms with Crippen LogP contribution < -0.4 is 5.32 Å². The number of para-hydroxylation sites is 1. The lowest BCUT2D eigenvalue weighted by Gasteiger charge is -2.09. The first-order valence-corrected chi connectivity index (χ1v) is 9.65. The molecule has 27 heavy (non-hydrogen) atoms. The zero-order chi connectivity index (χ0) is 19.2. The van der Waals surface area contributed by atoms with Crippen LogP contribution >= 0.6 is 23.4 Å². The lowest BCUT2D eigenvalue weighted by Crippen LogP contribution is -2.14. The van der Waals surface area contributed by atoms with E-state index < -0.39 is 0 Å². The molecule has 2 heterocycles. The number of amides is 1. The molecule has 0 unspecified atom stereocenters. The van der Waals surface area contributed by atoms with E-state index in [0.717, 1.165) is 5.69 Å². The molecular formula is C18H18ClN5O2S. The summed E-state index contributed by atoms with van der Waals surface area (Å²) < 4.78 is 1.85. The van der Waals surface area contributed by atoms with Crippen molar-refractivity contribution in [3.8, 4) is 11.5 Å². The van der Waals surface area contributed by atoms with E-state index in [1.54, 1.807) is 12.3 Å². The maximum absolute atomic E-state index is 12.1. The Kier molecular flexibility index (Phi) is 6.44. The van der Waals surface area contributed by atoms with E-state index in [4.69, 9.17) is 11.6 Å². The number of nitrogens with one attached hydrogen (secondary N) is 1. The topological polar surface area (TPSA) is 92.9 Å². The molecule has 9 heteroatoms. The Labute approximate surface area is 165 Å². The maximum atomic E-state index is 12.1. The highest BCUT2D eigenvalue weighted by atomic mass is 35.5. The fraction of sp³-hybridized carbons (Fsp3) is 0.222. The first kappa shape index (κ1) is 19.3. The maximum Gasteiger partial charge on any atom is 0.234 e. The Morgan fingerprint density at radius 3 is 2.74 bits per heavy atom. The van der Waals surface area contributed by atoms with Gasteiger partial charge in [-0.25, -0.2) is 0 Å². The molecule has 3 rings (SSSR count). The van der Waals surface area contributed by atoms with Crippen molar-refractivity contribution in [2.45, 2.75) is 25.2 Å². The number of carbonyl (C=O) groups is 1. The second-order valence-electron chi connectivity index (χ2n) is 5.59. The second-order valence-corrected chi connectivity index (χ2v) is 6.94. The average Bonchev–Trinajstić information content (AvgIpc) is 3.09. The molecule has 7 nitrogen and oxygen atoms in total. The smallest absolute Gasteiger partial charge is 0.234 e. The number of anilines is 1. The van der Waals surface area contributed by atoms with Crippen LogP contribution in [0.15, 0.2) is 47.8 Å². The van der Waals surface area contributed by atoms with Crippen molar-refractivity contribution in [3.05, 3.63) is 53.2 Å². The Balaban J connectivity index is 1.73. The van der Waals surface area contributed by atoms with Crippen molar-refractivity contribution in [3.63, 3.8) is 0 Å². The van der Waals surface area contributed by atoms with Gasteiger partial charge in [0.2, 0.25) is 5.91 Å². The first-order valence-electron chi connectivity index (χ1n) is 8.29. The van der Waals surface area contributed by atoms with Crippen LogP contribution in [-0.4, -0.2) is 36.5 Å². The lowest BCUT2D eigenvalue weighted by molar-refractivity contribution is -0.113. The molecular weight excluding hydrogens is 386 g/mol. The van der Waals surface area contributed by atoms with Gasteiger partial charge in [0.1, 0.15) is 5.69 Å². The number of carbonyl (C=O) groups excluding carboxylic acids is 1. The van der Waals surface area contributed by atoms with Crippen LogP contribution in [0.3, 0.4) is 0 Å². The molecule has 0 saturated carbocycles.